The third kappa shape index (κ3) is 1.53. The highest BCUT2D eigenvalue weighted by Crippen LogP contribution is 2.06. The highest BCUT2D eigenvalue weighted by Gasteiger charge is 1.98. The average Bonchev–Trinajstić information content (AvgIpc) is 2.34. The zero-order chi connectivity index (χ0) is 7.56. The predicted octanol–water partition coefficient (Wildman–Crippen LogP) is 1.89. The minimum absolute atomic E-state index is 0.452. The van der Waals surface area contributed by atoms with Gasteiger partial charge in [0.25, 0.3) is 0 Å². The molecule has 0 spiro atoms. The summed E-state index contributed by atoms with van der Waals surface area (Å²) in [7, 11) is 0. The normalized spacial score (nSPS) is 10.8. The maximum atomic E-state index is 4.15. The topological polar surface area (TPSA) is 17.8 Å². The molecule has 3 heteroatoms. The minimum atomic E-state index is 0.452. The van der Waals surface area contributed by atoms with Crippen LogP contribution in [-0.2, 0) is 5.75 Å². The molecule has 0 saturated carbocycles. The van der Waals surface area contributed by atoms with Crippen LogP contribution < -0.4 is 0 Å². The van der Waals surface area contributed by atoms with Crippen LogP contribution in [0.3, 0.4) is 0 Å². The van der Waals surface area contributed by atoms with E-state index < -0.39 is 0 Å². The Hall–Kier alpha value is -0.440. The number of thiol groups is 1. The van der Waals surface area contributed by atoms with Crippen molar-refractivity contribution in [2.75, 3.05) is 0 Å². The Morgan fingerprint density at radius 1 is 1.70 bits per heavy atom. The van der Waals surface area contributed by atoms with Gasteiger partial charge in [-0.2, -0.15) is 17.7 Å². The van der Waals surface area contributed by atoms with E-state index >= 15 is 0 Å². The van der Waals surface area contributed by atoms with E-state index in [0.717, 1.165) is 5.75 Å². The van der Waals surface area contributed by atoms with E-state index in [1.807, 2.05) is 17.1 Å². The van der Waals surface area contributed by atoms with E-state index in [2.05, 4.69) is 31.6 Å². The summed E-state index contributed by atoms with van der Waals surface area (Å²) in [6, 6.07) is 0.452. The molecule has 0 saturated heterocycles. The molecular weight excluding hydrogens is 144 g/mol. The third-order valence-corrected chi connectivity index (χ3v) is 1.73. The van der Waals surface area contributed by atoms with E-state index in [0.29, 0.717) is 6.04 Å². The van der Waals surface area contributed by atoms with Gasteiger partial charge in [0.2, 0.25) is 0 Å². The summed E-state index contributed by atoms with van der Waals surface area (Å²) in [4.78, 5) is 0. The fraction of sp³-hybridized carbons (Fsp3) is 0.571. The van der Waals surface area contributed by atoms with Crippen LogP contribution in [0.4, 0.5) is 0 Å². The number of aromatic nitrogens is 2. The molecule has 0 unspecified atom stereocenters. The Bertz CT molecular complexity index is 205. The van der Waals surface area contributed by atoms with Crippen LogP contribution in [0, 0.1) is 0 Å². The number of rotatable bonds is 2. The second-order valence-corrected chi connectivity index (χ2v) is 2.90. The average molecular weight is 156 g/mol. The van der Waals surface area contributed by atoms with Crippen LogP contribution >= 0.6 is 12.6 Å². The smallest absolute Gasteiger partial charge is 0.0530 e. The molecule has 0 N–H and O–H groups in total. The molecule has 56 valence electrons. The molecule has 0 aliphatic heterocycles. The van der Waals surface area contributed by atoms with Gasteiger partial charge in [-0.15, -0.1) is 0 Å². The van der Waals surface area contributed by atoms with Gasteiger partial charge in [-0.3, -0.25) is 4.68 Å². The van der Waals surface area contributed by atoms with Gasteiger partial charge in [0.05, 0.1) is 6.20 Å². The highest BCUT2D eigenvalue weighted by molar-refractivity contribution is 7.79. The lowest BCUT2D eigenvalue weighted by Gasteiger charge is -2.02. The van der Waals surface area contributed by atoms with Gasteiger partial charge in [-0.25, -0.2) is 0 Å². The highest BCUT2D eigenvalue weighted by atomic mass is 32.1. The molecule has 0 fully saturated rings. The molecule has 0 aromatic carbocycles. The quantitative estimate of drug-likeness (QED) is 0.647. The lowest BCUT2D eigenvalue weighted by Crippen LogP contribution is -1.99. The lowest BCUT2D eigenvalue weighted by molar-refractivity contribution is 0.532. The van der Waals surface area contributed by atoms with Crippen molar-refractivity contribution in [1.82, 2.24) is 9.78 Å². The van der Waals surface area contributed by atoms with E-state index in [1.165, 1.54) is 5.56 Å². The first-order chi connectivity index (χ1) is 4.74. The largest absolute Gasteiger partial charge is 0.270 e. The van der Waals surface area contributed by atoms with Crippen molar-refractivity contribution in [3.05, 3.63) is 18.0 Å². The molecule has 0 amide bonds. The Balaban J connectivity index is 2.78. The number of hydrogen-bond acceptors (Lipinski definition) is 2. The Kier molecular flexibility index (Phi) is 2.38. The van der Waals surface area contributed by atoms with Gasteiger partial charge < -0.3 is 0 Å². The fourth-order valence-electron chi connectivity index (χ4n) is 0.741. The molecule has 1 aromatic heterocycles. The van der Waals surface area contributed by atoms with Gasteiger partial charge in [0.1, 0.15) is 0 Å². The van der Waals surface area contributed by atoms with E-state index in [9.17, 15) is 0 Å². The van der Waals surface area contributed by atoms with Crippen LogP contribution in [0.25, 0.3) is 0 Å². The summed E-state index contributed by atoms with van der Waals surface area (Å²) in [5.74, 6) is 0.771. The van der Waals surface area contributed by atoms with Crippen molar-refractivity contribution < 1.29 is 0 Å². The Morgan fingerprint density at radius 2 is 2.40 bits per heavy atom. The summed E-state index contributed by atoms with van der Waals surface area (Å²) in [6.07, 6.45) is 3.88. The fourth-order valence-corrected chi connectivity index (χ4v) is 0.905. The first-order valence-corrected chi connectivity index (χ1v) is 4.01. The van der Waals surface area contributed by atoms with Crippen molar-refractivity contribution >= 4 is 12.6 Å². The molecule has 2 nitrogen and oxygen atoms in total. The van der Waals surface area contributed by atoms with Crippen molar-refractivity contribution in [3.63, 3.8) is 0 Å². The van der Waals surface area contributed by atoms with Crippen LogP contribution in [-0.4, -0.2) is 9.78 Å². The van der Waals surface area contributed by atoms with E-state index in [-0.39, 0.29) is 0 Å². The van der Waals surface area contributed by atoms with E-state index in [1.54, 1.807) is 0 Å². The summed E-state index contributed by atoms with van der Waals surface area (Å²) in [5, 5.41) is 4.15. The van der Waals surface area contributed by atoms with Crippen LogP contribution in [0.2, 0.25) is 0 Å². The number of nitrogens with zero attached hydrogens (tertiary/aromatic N) is 2. The lowest BCUT2D eigenvalue weighted by atomic mass is 10.4. The standard InChI is InChI=1S/C7H12N2S/c1-6(2)9-4-7(5-10)3-8-9/h3-4,6,10H,5H2,1-2H3. The van der Waals surface area contributed by atoms with Crippen LogP contribution in [0.5, 0.6) is 0 Å². The zero-order valence-corrected chi connectivity index (χ0v) is 7.18. The predicted molar refractivity (Wildman–Crippen MR) is 45.3 cm³/mol. The van der Waals surface area contributed by atoms with E-state index in [4.69, 9.17) is 0 Å². The summed E-state index contributed by atoms with van der Waals surface area (Å²) in [6.45, 7) is 4.21. The molecule has 1 rings (SSSR count). The van der Waals surface area contributed by atoms with Crippen LogP contribution in [0.15, 0.2) is 12.4 Å². The van der Waals surface area contributed by atoms with Gasteiger partial charge in [0, 0.05) is 18.0 Å². The molecule has 0 atom stereocenters. The van der Waals surface area contributed by atoms with Gasteiger partial charge in [-0.1, -0.05) is 0 Å². The monoisotopic (exact) mass is 156 g/mol. The molecule has 1 aromatic rings. The summed E-state index contributed by atoms with van der Waals surface area (Å²) < 4.78 is 1.94. The first-order valence-electron chi connectivity index (χ1n) is 3.38. The Morgan fingerprint density at radius 3 is 2.70 bits per heavy atom. The maximum Gasteiger partial charge on any atom is 0.0530 e. The minimum Gasteiger partial charge on any atom is -0.270 e. The van der Waals surface area contributed by atoms with Crippen molar-refractivity contribution in [1.29, 1.82) is 0 Å². The SMILES string of the molecule is CC(C)n1cc(CS)cn1. The second kappa shape index (κ2) is 3.10. The van der Waals surface area contributed by atoms with Gasteiger partial charge >= 0.3 is 0 Å². The van der Waals surface area contributed by atoms with Crippen molar-refractivity contribution in [3.8, 4) is 0 Å². The van der Waals surface area contributed by atoms with Crippen molar-refractivity contribution in [2.24, 2.45) is 0 Å². The molecular formula is C7H12N2S. The second-order valence-electron chi connectivity index (χ2n) is 2.58. The number of hydrogen-bond donors (Lipinski definition) is 1. The zero-order valence-electron chi connectivity index (χ0n) is 6.28. The summed E-state index contributed by atoms with van der Waals surface area (Å²) in [5.41, 5.74) is 1.18. The molecule has 1 heterocycles. The summed E-state index contributed by atoms with van der Waals surface area (Å²) >= 11 is 4.14. The van der Waals surface area contributed by atoms with Crippen molar-refractivity contribution in [2.45, 2.75) is 25.6 Å². The van der Waals surface area contributed by atoms with Crippen LogP contribution in [0.1, 0.15) is 25.5 Å². The third-order valence-electron chi connectivity index (χ3n) is 1.37. The Labute approximate surface area is 66.7 Å². The van der Waals surface area contributed by atoms with Gasteiger partial charge in [-0.05, 0) is 19.4 Å². The molecule has 0 radical (unpaired) electrons. The molecule has 0 aliphatic rings. The maximum absolute atomic E-state index is 4.15. The van der Waals surface area contributed by atoms with Gasteiger partial charge in [0.15, 0.2) is 0 Å². The molecule has 0 bridgehead atoms. The molecule has 10 heavy (non-hydrogen) atoms. The molecule has 0 aliphatic carbocycles. The first kappa shape index (κ1) is 7.66.